The molecular formula is C11H20N2O3. The normalized spacial score (nSPS) is 25.6. The third-order valence-electron chi connectivity index (χ3n) is 3.03. The van der Waals surface area contributed by atoms with Gasteiger partial charge in [0.25, 0.3) is 0 Å². The van der Waals surface area contributed by atoms with Gasteiger partial charge in [-0.3, -0.25) is 9.59 Å². The summed E-state index contributed by atoms with van der Waals surface area (Å²) < 4.78 is 0. The Labute approximate surface area is 95.8 Å². The number of hydrogen-bond donors (Lipinski definition) is 2. The number of rotatable bonds is 5. The van der Waals surface area contributed by atoms with Gasteiger partial charge in [0.2, 0.25) is 5.91 Å². The molecule has 1 heterocycles. The van der Waals surface area contributed by atoms with E-state index in [9.17, 15) is 9.59 Å². The van der Waals surface area contributed by atoms with Crippen molar-refractivity contribution in [3.05, 3.63) is 0 Å². The lowest BCUT2D eigenvalue weighted by Gasteiger charge is -2.14. The van der Waals surface area contributed by atoms with Gasteiger partial charge < -0.3 is 15.3 Å². The summed E-state index contributed by atoms with van der Waals surface area (Å²) in [6.07, 6.45) is 0.451. The maximum Gasteiger partial charge on any atom is 0.308 e. The molecule has 5 heteroatoms. The van der Waals surface area contributed by atoms with E-state index in [4.69, 9.17) is 5.11 Å². The van der Waals surface area contributed by atoms with Gasteiger partial charge in [0.15, 0.2) is 0 Å². The van der Waals surface area contributed by atoms with Crippen molar-refractivity contribution >= 4 is 11.9 Å². The molecule has 5 nitrogen and oxygen atoms in total. The van der Waals surface area contributed by atoms with Crippen LogP contribution in [0.2, 0.25) is 0 Å². The Bertz CT molecular complexity index is 268. The SMILES string of the molecule is CCNC(=O)CCN1CC(C)C(C(=O)O)C1. The molecule has 0 aromatic rings. The minimum atomic E-state index is -0.729. The number of carbonyl (C=O) groups is 2. The van der Waals surface area contributed by atoms with E-state index in [-0.39, 0.29) is 17.7 Å². The van der Waals surface area contributed by atoms with Crippen molar-refractivity contribution in [3.63, 3.8) is 0 Å². The quantitative estimate of drug-likeness (QED) is 0.703. The molecule has 1 fully saturated rings. The second-order valence-corrected chi connectivity index (χ2v) is 4.39. The van der Waals surface area contributed by atoms with E-state index in [0.717, 1.165) is 6.54 Å². The van der Waals surface area contributed by atoms with Gasteiger partial charge >= 0.3 is 5.97 Å². The van der Waals surface area contributed by atoms with E-state index in [1.807, 2.05) is 13.8 Å². The van der Waals surface area contributed by atoms with Crippen LogP contribution < -0.4 is 5.32 Å². The molecule has 16 heavy (non-hydrogen) atoms. The zero-order chi connectivity index (χ0) is 12.1. The Balaban J connectivity index is 2.30. The fourth-order valence-electron chi connectivity index (χ4n) is 2.12. The van der Waals surface area contributed by atoms with Crippen LogP contribution in [0.3, 0.4) is 0 Å². The molecule has 1 aliphatic rings. The first kappa shape index (κ1) is 13.0. The third kappa shape index (κ3) is 3.48. The number of carbonyl (C=O) groups excluding carboxylic acids is 1. The van der Waals surface area contributed by atoms with Crippen LogP contribution in [-0.2, 0) is 9.59 Å². The first-order chi connectivity index (χ1) is 7.54. The van der Waals surface area contributed by atoms with Crippen molar-refractivity contribution in [2.75, 3.05) is 26.2 Å². The van der Waals surface area contributed by atoms with Gasteiger partial charge in [-0.25, -0.2) is 0 Å². The summed E-state index contributed by atoms with van der Waals surface area (Å²) in [5.74, 6) is -0.803. The number of carboxylic acids is 1. The standard InChI is InChI=1S/C11H20N2O3/c1-3-12-10(14)4-5-13-6-8(2)9(7-13)11(15)16/h8-9H,3-7H2,1-2H3,(H,12,14)(H,15,16). The van der Waals surface area contributed by atoms with Gasteiger partial charge in [-0.1, -0.05) is 6.92 Å². The van der Waals surface area contributed by atoms with Crippen LogP contribution in [0.1, 0.15) is 20.3 Å². The van der Waals surface area contributed by atoms with Crippen LogP contribution in [0.4, 0.5) is 0 Å². The lowest BCUT2D eigenvalue weighted by atomic mass is 9.99. The second-order valence-electron chi connectivity index (χ2n) is 4.39. The Morgan fingerprint density at radius 3 is 2.62 bits per heavy atom. The molecule has 0 aliphatic carbocycles. The third-order valence-corrected chi connectivity index (χ3v) is 3.03. The van der Waals surface area contributed by atoms with Crippen LogP contribution in [0, 0.1) is 11.8 Å². The molecule has 2 unspecified atom stereocenters. The Hall–Kier alpha value is -1.10. The molecule has 0 spiro atoms. The van der Waals surface area contributed by atoms with Crippen molar-refractivity contribution in [3.8, 4) is 0 Å². The number of nitrogens with zero attached hydrogens (tertiary/aromatic N) is 1. The summed E-state index contributed by atoms with van der Waals surface area (Å²) in [5, 5.41) is 11.7. The van der Waals surface area contributed by atoms with Crippen LogP contribution in [0.15, 0.2) is 0 Å². The summed E-state index contributed by atoms with van der Waals surface area (Å²) in [5.41, 5.74) is 0. The molecule has 0 saturated carbocycles. The predicted molar refractivity (Wildman–Crippen MR) is 60.0 cm³/mol. The van der Waals surface area contributed by atoms with E-state index < -0.39 is 5.97 Å². The monoisotopic (exact) mass is 228 g/mol. The number of hydrogen-bond acceptors (Lipinski definition) is 3. The smallest absolute Gasteiger partial charge is 0.308 e. The minimum Gasteiger partial charge on any atom is -0.481 e. The van der Waals surface area contributed by atoms with Crippen molar-refractivity contribution in [1.82, 2.24) is 10.2 Å². The summed E-state index contributed by atoms with van der Waals surface area (Å²) in [4.78, 5) is 24.2. The number of amides is 1. The topological polar surface area (TPSA) is 69.6 Å². The lowest BCUT2D eigenvalue weighted by molar-refractivity contribution is -0.142. The maximum atomic E-state index is 11.2. The number of likely N-dealkylation sites (tertiary alicyclic amines) is 1. The van der Waals surface area contributed by atoms with Crippen LogP contribution in [-0.4, -0.2) is 48.1 Å². The van der Waals surface area contributed by atoms with Crippen molar-refractivity contribution in [2.24, 2.45) is 11.8 Å². The second kappa shape index (κ2) is 5.84. The zero-order valence-electron chi connectivity index (χ0n) is 9.90. The Kier molecular flexibility index (Phi) is 4.73. The van der Waals surface area contributed by atoms with E-state index in [1.165, 1.54) is 0 Å². The van der Waals surface area contributed by atoms with Crippen LogP contribution in [0.25, 0.3) is 0 Å². The molecule has 2 atom stereocenters. The Morgan fingerprint density at radius 2 is 2.12 bits per heavy atom. The maximum absolute atomic E-state index is 11.2. The highest BCUT2D eigenvalue weighted by molar-refractivity contribution is 5.76. The van der Waals surface area contributed by atoms with E-state index >= 15 is 0 Å². The number of aliphatic carboxylic acids is 1. The summed E-state index contributed by atoms with van der Waals surface area (Å²) in [6, 6.07) is 0. The molecule has 0 radical (unpaired) electrons. The first-order valence-corrected chi connectivity index (χ1v) is 5.76. The van der Waals surface area contributed by atoms with Gasteiger partial charge in [-0.15, -0.1) is 0 Å². The summed E-state index contributed by atoms with van der Waals surface area (Å²) >= 11 is 0. The largest absolute Gasteiger partial charge is 0.481 e. The van der Waals surface area contributed by atoms with Gasteiger partial charge in [0.1, 0.15) is 0 Å². The van der Waals surface area contributed by atoms with Gasteiger partial charge in [0.05, 0.1) is 5.92 Å². The number of nitrogens with one attached hydrogen (secondary N) is 1. The van der Waals surface area contributed by atoms with Crippen molar-refractivity contribution < 1.29 is 14.7 Å². The average molecular weight is 228 g/mol. The minimum absolute atomic E-state index is 0.0360. The summed E-state index contributed by atoms with van der Waals surface area (Å²) in [7, 11) is 0. The first-order valence-electron chi connectivity index (χ1n) is 5.76. The van der Waals surface area contributed by atoms with Crippen molar-refractivity contribution in [1.29, 1.82) is 0 Å². The lowest BCUT2D eigenvalue weighted by Crippen LogP contribution is -2.30. The predicted octanol–water partition coefficient (Wildman–Crippen LogP) is 0.165. The van der Waals surface area contributed by atoms with Gasteiger partial charge in [-0.05, 0) is 12.8 Å². The molecule has 1 saturated heterocycles. The molecule has 2 N–H and O–H groups in total. The van der Waals surface area contributed by atoms with Gasteiger partial charge in [-0.2, -0.15) is 0 Å². The van der Waals surface area contributed by atoms with E-state index in [2.05, 4.69) is 10.2 Å². The average Bonchev–Trinajstić information content (AvgIpc) is 2.57. The molecule has 1 rings (SSSR count). The molecule has 1 aliphatic heterocycles. The van der Waals surface area contributed by atoms with Crippen LogP contribution >= 0.6 is 0 Å². The zero-order valence-corrected chi connectivity index (χ0v) is 9.90. The molecule has 0 aromatic heterocycles. The fourth-order valence-corrected chi connectivity index (χ4v) is 2.12. The summed E-state index contributed by atoms with van der Waals surface area (Å²) in [6.45, 7) is 6.47. The number of carboxylic acid groups (broad SMARTS) is 1. The highest BCUT2D eigenvalue weighted by atomic mass is 16.4. The highest BCUT2D eigenvalue weighted by Gasteiger charge is 2.34. The molecular weight excluding hydrogens is 208 g/mol. The van der Waals surface area contributed by atoms with E-state index in [0.29, 0.717) is 26.1 Å². The highest BCUT2D eigenvalue weighted by Crippen LogP contribution is 2.22. The molecule has 1 amide bonds. The van der Waals surface area contributed by atoms with Crippen molar-refractivity contribution in [2.45, 2.75) is 20.3 Å². The molecule has 0 aromatic carbocycles. The Morgan fingerprint density at radius 1 is 1.44 bits per heavy atom. The fraction of sp³-hybridized carbons (Fsp3) is 0.818. The van der Waals surface area contributed by atoms with Gasteiger partial charge in [0, 0.05) is 32.6 Å². The van der Waals surface area contributed by atoms with E-state index in [1.54, 1.807) is 0 Å². The van der Waals surface area contributed by atoms with Crippen LogP contribution in [0.5, 0.6) is 0 Å². The molecule has 92 valence electrons. The molecule has 0 bridgehead atoms.